The average molecular weight is 326 g/mol. The number of rotatable bonds is 5. The molecule has 0 aliphatic heterocycles. The normalized spacial score (nSPS) is 13.7. The Morgan fingerprint density at radius 1 is 1.00 bits per heavy atom. The Balaban J connectivity index is 1.99. The quantitative estimate of drug-likeness (QED) is 0.736. The summed E-state index contributed by atoms with van der Waals surface area (Å²) in [6, 6.07) is 16.8. The summed E-state index contributed by atoms with van der Waals surface area (Å²) in [6.45, 7) is 3.10. The van der Waals surface area contributed by atoms with Crippen molar-refractivity contribution in [2.24, 2.45) is 0 Å². The molecule has 4 heteroatoms. The second kappa shape index (κ2) is 6.57. The van der Waals surface area contributed by atoms with E-state index in [0.29, 0.717) is 0 Å². The van der Waals surface area contributed by atoms with Crippen LogP contribution in [-0.4, -0.2) is 23.8 Å². The van der Waals surface area contributed by atoms with Gasteiger partial charge in [0.2, 0.25) is 0 Å². The Kier molecular flexibility index (Phi) is 4.51. The minimum atomic E-state index is -0.117. The molecule has 1 heterocycles. The van der Waals surface area contributed by atoms with Crippen molar-refractivity contribution in [1.82, 2.24) is 15.5 Å². The van der Waals surface area contributed by atoms with Crippen molar-refractivity contribution in [3.63, 3.8) is 0 Å². The predicted octanol–water partition coefficient (Wildman–Crippen LogP) is 4.26. The zero-order valence-corrected chi connectivity index (χ0v) is 14.1. The summed E-state index contributed by atoms with van der Waals surface area (Å²) in [5.41, 5.74) is 4.64. The Morgan fingerprint density at radius 2 is 1.61 bits per heavy atom. The van der Waals surface area contributed by atoms with Gasteiger partial charge in [-0.2, -0.15) is 5.10 Å². The van der Waals surface area contributed by atoms with Gasteiger partial charge in [0.15, 0.2) is 0 Å². The molecule has 3 nitrogen and oxygen atoms in total. The maximum atomic E-state index is 6.04. The van der Waals surface area contributed by atoms with Crippen LogP contribution < -0.4 is 5.32 Å². The molecule has 0 saturated heterocycles. The van der Waals surface area contributed by atoms with Gasteiger partial charge in [0, 0.05) is 28.7 Å². The van der Waals surface area contributed by atoms with Crippen LogP contribution in [0.3, 0.4) is 0 Å². The number of nitrogens with one attached hydrogen (secondary N) is 2. The Hall–Kier alpha value is -2.10. The van der Waals surface area contributed by atoms with Crippen molar-refractivity contribution in [1.29, 1.82) is 0 Å². The van der Waals surface area contributed by atoms with Crippen molar-refractivity contribution in [2.45, 2.75) is 12.3 Å². The van der Waals surface area contributed by atoms with E-state index in [9.17, 15) is 0 Å². The number of H-pyrrole nitrogens is 1. The van der Waals surface area contributed by atoms with Crippen LogP contribution in [0.4, 0.5) is 0 Å². The molecule has 0 aliphatic rings. The average Bonchev–Trinajstić information content (AvgIpc) is 3.10. The Bertz CT molecular complexity index is 748. The first-order valence-electron chi connectivity index (χ1n) is 7.64. The van der Waals surface area contributed by atoms with Crippen LogP contribution in [0.2, 0.25) is 5.02 Å². The highest BCUT2D eigenvalue weighted by atomic mass is 35.5. The molecule has 3 rings (SSSR count). The number of halogens is 1. The summed E-state index contributed by atoms with van der Waals surface area (Å²) in [5.74, 6) is 0. The third-order valence-corrected chi connectivity index (χ3v) is 4.62. The van der Waals surface area contributed by atoms with Crippen LogP contribution >= 0.6 is 11.6 Å². The van der Waals surface area contributed by atoms with Crippen LogP contribution in [0.1, 0.15) is 18.1 Å². The Labute approximate surface area is 141 Å². The van der Waals surface area contributed by atoms with Gasteiger partial charge in [0.1, 0.15) is 0 Å². The second-order valence-corrected chi connectivity index (χ2v) is 6.37. The highest BCUT2D eigenvalue weighted by Gasteiger charge is 2.28. The van der Waals surface area contributed by atoms with E-state index in [1.54, 1.807) is 0 Å². The van der Waals surface area contributed by atoms with Gasteiger partial charge < -0.3 is 5.32 Å². The van der Waals surface area contributed by atoms with Gasteiger partial charge in [-0.05, 0) is 35.9 Å². The topological polar surface area (TPSA) is 40.7 Å². The van der Waals surface area contributed by atoms with Crippen molar-refractivity contribution < 1.29 is 0 Å². The lowest BCUT2D eigenvalue weighted by atomic mass is 9.76. The first-order valence-corrected chi connectivity index (χ1v) is 8.01. The first-order chi connectivity index (χ1) is 11.1. The molecule has 0 fully saturated rings. The van der Waals surface area contributed by atoms with E-state index >= 15 is 0 Å². The molecule has 0 aliphatic carbocycles. The standard InChI is InChI=1S/C19H20ClN3/c1-19(13-21-2,17-7-9-18(20)10-8-17)16-5-3-14(4-6-16)15-11-22-23-12-15/h3-12,21H,13H2,1-2H3,(H,22,23). The molecule has 2 aromatic carbocycles. The zero-order chi connectivity index (χ0) is 16.3. The van der Waals surface area contributed by atoms with Crippen molar-refractivity contribution in [3.8, 4) is 11.1 Å². The van der Waals surface area contributed by atoms with Crippen LogP contribution in [0.15, 0.2) is 60.9 Å². The lowest BCUT2D eigenvalue weighted by molar-refractivity contribution is 0.532. The van der Waals surface area contributed by atoms with Gasteiger partial charge in [-0.1, -0.05) is 54.9 Å². The number of aromatic nitrogens is 2. The number of hydrogen-bond acceptors (Lipinski definition) is 2. The van der Waals surface area contributed by atoms with E-state index in [0.717, 1.165) is 22.7 Å². The van der Waals surface area contributed by atoms with E-state index in [2.05, 4.69) is 58.8 Å². The van der Waals surface area contributed by atoms with E-state index in [4.69, 9.17) is 11.6 Å². The number of hydrogen-bond donors (Lipinski definition) is 2. The fourth-order valence-electron chi connectivity index (χ4n) is 2.98. The summed E-state index contributed by atoms with van der Waals surface area (Å²) in [4.78, 5) is 0. The van der Waals surface area contributed by atoms with Crippen LogP contribution in [-0.2, 0) is 5.41 Å². The maximum Gasteiger partial charge on any atom is 0.0565 e. The highest BCUT2D eigenvalue weighted by Crippen LogP contribution is 2.33. The molecule has 1 aromatic heterocycles. The molecule has 3 aromatic rings. The molecule has 2 N–H and O–H groups in total. The summed E-state index contributed by atoms with van der Waals surface area (Å²) < 4.78 is 0. The zero-order valence-electron chi connectivity index (χ0n) is 13.3. The van der Waals surface area contributed by atoms with Gasteiger partial charge in [0.25, 0.3) is 0 Å². The summed E-state index contributed by atoms with van der Waals surface area (Å²) >= 11 is 6.04. The van der Waals surface area contributed by atoms with Crippen LogP contribution in [0.5, 0.6) is 0 Å². The monoisotopic (exact) mass is 325 g/mol. The lowest BCUT2D eigenvalue weighted by Crippen LogP contribution is -2.35. The number of aromatic amines is 1. The molecule has 1 unspecified atom stereocenters. The largest absolute Gasteiger partial charge is 0.319 e. The molecule has 1 atom stereocenters. The second-order valence-electron chi connectivity index (χ2n) is 5.93. The highest BCUT2D eigenvalue weighted by molar-refractivity contribution is 6.30. The maximum absolute atomic E-state index is 6.04. The number of likely N-dealkylation sites (N-methyl/N-ethyl adjacent to an activating group) is 1. The van der Waals surface area contributed by atoms with Gasteiger partial charge in [-0.3, -0.25) is 5.10 Å². The van der Waals surface area contributed by atoms with Crippen LogP contribution in [0, 0.1) is 0 Å². The smallest absolute Gasteiger partial charge is 0.0565 e. The van der Waals surface area contributed by atoms with E-state index in [-0.39, 0.29) is 5.41 Å². The minimum Gasteiger partial charge on any atom is -0.319 e. The number of nitrogens with zero attached hydrogens (tertiary/aromatic N) is 1. The Morgan fingerprint density at radius 3 is 2.13 bits per heavy atom. The third-order valence-electron chi connectivity index (χ3n) is 4.37. The van der Waals surface area contributed by atoms with E-state index in [1.807, 2.05) is 31.6 Å². The molecule has 23 heavy (non-hydrogen) atoms. The molecule has 0 amide bonds. The SMILES string of the molecule is CNCC(C)(c1ccc(Cl)cc1)c1ccc(-c2cn[nH]c2)cc1. The molecule has 0 saturated carbocycles. The fraction of sp³-hybridized carbons (Fsp3) is 0.211. The van der Waals surface area contributed by atoms with E-state index in [1.165, 1.54) is 11.1 Å². The molecule has 0 spiro atoms. The summed E-state index contributed by atoms with van der Waals surface area (Å²) in [7, 11) is 1.98. The van der Waals surface area contributed by atoms with Gasteiger partial charge in [0.05, 0.1) is 6.20 Å². The molecular formula is C19H20ClN3. The van der Waals surface area contributed by atoms with Crippen molar-refractivity contribution in [2.75, 3.05) is 13.6 Å². The fourth-order valence-corrected chi connectivity index (χ4v) is 3.11. The van der Waals surface area contributed by atoms with Crippen molar-refractivity contribution >= 4 is 11.6 Å². The van der Waals surface area contributed by atoms with Gasteiger partial charge >= 0.3 is 0 Å². The van der Waals surface area contributed by atoms with Gasteiger partial charge in [-0.15, -0.1) is 0 Å². The molecule has 0 bridgehead atoms. The van der Waals surface area contributed by atoms with Crippen molar-refractivity contribution in [3.05, 3.63) is 77.1 Å². The minimum absolute atomic E-state index is 0.117. The van der Waals surface area contributed by atoms with Gasteiger partial charge in [-0.25, -0.2) is 0 Å². The molecular weight excluding hydrogens is 306 g/mol. The molecule has 0 radical (unpaired) electrons. The lowest BCUT2D eigenvalue weighted by Gasteiger charge is -2.31. The summed E-state index contributed by atoms with van der Waals surface area (Å²) in [6.07, 6.45) is 3.74. The summed E-state index contributed by atoms with van der Waals surface area (Å²) in [5, 5.41) is 10.9. The number of benzene rings is 2. The van der Waals surface area contributed by atoms with E-state index < -0.39 is 0 Å². The molecule has 118 valence electrons. The first kappa shape index (κ1) is 15.8. The third kappa shape index (κ3) is 3.16. The van der Waals surface area contributed by atoms with Crippen LogP contribution in [0.25, 0.3) is 11.1 Å². The predicted molar refractivity (Wildman–Crippen MR) is 95.9 cm³/mol.